The minimum Gasteiger partial charge on any atom is -0.488 e. The third-order valence-electron chi connectivity index (χ3n) is 3.07. The van der Waals surface area contributed by atoms with Crippen molar-refractivity contribution in [2.24, 2.45) is 5.73 Å². The molecule has 1 aliphatic rings. The lowest BCUT2D eigenvalue weighted by molar-refractivity contribution is 0.0846. The van der Waals surface area contributed by atoms with E-state index in [2.05, 4.69) is 32.0 Å². The number of hydrogen-bond acceptors (Lipinski definition) is 2. The third kappa shape index (κ3) is 2.56. The highest BCUT2D eigenvalue weighted by Crippen LogP contribution is 2.33. The predicted octanol–water partition coefficient (Wildman–Crippen LogP) is 2.68. The van der Waals surface area contributed by atoms with Crippen molar-refractivity contribution in [2.75, 3.05) is 0 Å². The summed E-state index contributed by atoms with van der Waals surface area (Å²) in [5.74, 6) is 1.05. The lowest BCUT2D eigenvalue weighted by Crippen LogP contribution is -2.32. The summed E-state index contributed by atoms with van der Waals surface area (Å²) in [6.45, 7) is 6.33. The van der Waals surface area contributed by atoms with Crippen LogP contribution in [-0.2, 0) is 12.8 Å². The fourth-order valence-electron chi connectivity index (χ4n) is 2.21. The Balaban J connectivity index is 2.21. The topological polar surface area (TPSA) is 35.2 Å². The number of nitrogens with two attached hydrogens (primary N) is 1. The van der Waals surface area contributed by atoms with Gasteiger partial charge in [0, 0.05) is 6.04 Å². The Morgan fingerprint density at radius 2 is 2.19 bits per heavy atom. The van der Waals surface area contributed by atoms with Crippen molar-refractivity contribution in [3.8, 4) is 5.75 Å². The summed E-state index contributed by atoms with van der Waals surface area (Å²) in [5.41, 5.74) is 8.44. The maximum atomic E-state index is 5.95. The molecule has 0 saturated heterocycles. The van der Waals surface area contributed by atoms with Crippen LogP contribution < -0.4 is 10.5 Å². The average Bonchev–Trinajstić information content (AvgIpc) is 2.16. The molecule has 0 spiro atoms. The molecule has 1 heterocycles. The van der Waals surface area contributed by atoms with Crippen LogP contribution in [0.2, 0.25) is 0 Å². The van der Waals surface area contributed by atoms with Gasteiger partial charge in [-0.2, -0.15) is 0 Å². The number of benzene rings is 1. The molecule has 2 rings (SSSR count). The number of hydrogen-bond donors (Lipinski definition) is 1. The lowest BCUT2D eigenvalue weighted by Gasteiger charge is -2.32. The van der Waals surface area contributed by atoms with Gasteiger partial charge in [0.1, 0.15) is 11.4 Å². The quantitative estimate of drug-likeness (QED) is 0.830. The molecular formula is C14H21NO. The molecule has 0 bridgehead atoms. The number of aryl methyl sites for hydroxylation is 1. The maximum Gasteiger partial charge on any atom is 0.123 e. The second-order valence-corrected chi connectivity index (χ2v) is 5.49. The second-order valence-electron chi connectivity index (χ2n) is 5.49. The Morgan fingerprint density at radius 1 is 1.44 bits per heavy atom. The van der Waals surface area contributed by atoms with Gasteiger partial charge in [-0.25, -0.2) is 0 Å². The van der Waals surface area contributed by atoms with Crippen molar-refractivity contribution in [3.05, 3.63) is 29.3 Å². The zero-order valence-electron chi connectivity index (χ0n) is 10.4. The van der Waals surface area contributed by atoms with Crippen molar-refractivity contribution >= 4 is 0 Å². The van der Waals surface area contributed by atoms with Gasteiger partial charge in [-0.15, -0.1) is 0 Å². The molecular weight excluding hydrogens is 198 g/mol. The predicted molar refractivity (Wildman–Crippen MR) is 66.8 cm³/mol. The summed E-state index contributed by atoms with van der Waals surface area (Å²) in [5, 5.41) is 0. The molecule has 1 atom stereocenters. The summed E-state index contributed by atoms with van der Waals surface area (Å²) in [6.07, 6.45) is 3.13. The van der Waals surface area contributed by atoms with Gasteiger partial charge in [0.15, 0.2) is 0 Å². The first-order valence-corrected chi connectivity index (χ1v) is 6.03. The molecule has 0 unspecified atom stereocenters. The van der Waals surface area contributed by atoms with Gasteiger partial charge in [-0.3, -0.25) is 0 Å². The number of rotatable bonds is 2. The molecule has 0 radical (unpaired) electrons. The van der Waals surface area contributed by atoms with Gasteiger partial charge in [-0.1, -0.05) is 12.1 Å². The number of ether oxygens (including phenoxy) is 1. The van der Waals surface area contributed by atoms with E-state index in [4.69, 9.17) is 10.5 Å². The van der Waals surface area contributed by atoms with E-state index in [1.54, 1.807) is 0 Å². The fourth-order valence-corrected chi connectivity index (χ4v) is 2.21. The van der Waals surface area contributed by atoms with E-state index >= 15 is 0 Å². The highest BCUT2D eigenvalue weighted by Gasteiger charge is 2.26. The highest BCUT2D eigenvalue weighted by atomic mass is 16.5. The van der Waals surface area contributed by atoms with Gasteiger partial charge < -0.3 is 10.5 Å². The van der Waals surface area contributed by atoms with Crippen LogP contribution in [0.25, 0.3) is 0 Å². The molecule has 16 heavy (non-hydrogen) atoms. The smallest absolute Gasteiger partial charge is 0.123 e. The van der Waals surface area contributed by atoms with Crippen molar-refractivity contribution in [1.82, 2.24) is 0 Å². The third-order valence-corrected chi connectivity index (χ3v) is 3.07. The van der Waals surface area contributed by atoms with Gasteiger partial charge in [-0.05, 0) is 57.2 Å². The Hall–Kier alpha value is -1.02. The first-order chi connectivity index (χ1) is 7.46. The van der Waals surface area contributed by atoms with Crippen molar-refractivity contribution in [3.63, 3.8) is 0 Å². The molecule has 1 aliphatic heterocycles. The van der Waals surface area contributed by atoms with Crippen LogP contribution in [0.15, 0.2) is 18.2 Å². The molecule has 2 heteroatoms. The van der Waals surface area contributed by atoms with E-state index in [1.165, 1.54) is 11.1 Å². The summed E-state index contributed by atoms with van der Waals surface area (Å²) in [6, 6.07) is 6.69. The van der Waals surface area contributed by atoms with Crippen LogP contribution in [0.3, 0.4) is 0 Å². The molecule has 0 amide bonds. The Kier molecular flexibility index (Phi) is 2.94. The van der Waals surface area contributed by atoms with E-state index in [1.807, 2.05) is 6.92 Å². The first kappa shape index (κ1) is 11.5. The van der Waals surface area contributed by atoms with Crippen molar-refractivity contribution in [2.45, 2.75) is 51.7 Å². The molecule has 2 nitrogen and oxygen atoms in total. The van der Waals surface area contributed by atoms with E-state index < -0.39 is 0 Å². The van der Waals surface area contributed by atoms with Crippen LogP contribution in [0, 0.1) is 0 Å². The van der Waals surface area contributed by atoms with Crippen LogP contribution in [0.4, 0.5) is 0 Å². The molecule has 0 saturated carbocycles. The molecule has 1 aromatic carbocycles. The average molecular weight is 219 g/mol. The van der Waals surface area contributed by atoms with Gasteiger partial charge in [0.2, 0.25) is 0 Å². The normalized spacial score (nSPS) is 19.8. The summed E-state index contributed by atoms with van der Waals surface area (Å²) in [7, 11) is 0. The highest BCUT2D eigenvalue weighted by molar-refractivity contribution is 5.39. The molecule has 88 valence electrons. The second kappa shape index (κ2) is 4.10. The summed E-state index contributed by atoms with van der Waals surface area (Å²) >= 11 is 0. The molecule has 2 N–H and O–H groups in total. The van der Waals surface area contributed by atoms with Gasteiger partial charge in [0.25, 0.3) is 0 Å². The van der Waals surface area contributed by atoms with Crippen molar-refractivity contribution in [1.29, 1.82) is 0 Å². The molecule has 1 aromatic rings. The fraction of sp³-hybridized carbons (Fsp3) is 0.571. The molecule has 0 fully saturated rings. The first-order valence-electron chi connectivity index (χ1n) is 6.03. The monoisotopic (exact) mass is 219 g/mol. The van der Waals surface area contributed by atoms with Crippen LogP contribution >= 0.6 is 0 Å². The van der Waals surface area contributed by atoms with Crippen LogP contribution in [0.5, 0.6) is 5.75 Å². The van der Waals surface area contributed by atoms with E-state index in [0.29, 0.717) is 0 Å². The van der Waals surface area contributed by atoms with E-state index in [9.17, 15) is 0 Å². The zero-order valence-corrected chi connectivity index (χ0v) is 10.4. The van der Waals surface area contributed by atoms with E-state index in [0.717, 1.165) is 25.0 Å². The minimum absolute atomic E-state index is 0.0182. The Bertz CT molecular complexity index is 382. The van der Waals surface area contributed by atoms with Gasteiger partial charge in [0.05, 0.1) is 0 Å². The maximum absolute atomic E-state index is 5.95. The number of fused-ring (bicyclic) bond motifs is 1. The van der Waals surface area contributed by atoms with Gasteiger partial charge >= 0.3 is 0 Å². The Morgan fingerprint density at radius 3 is 2.88 bits per heavy atom. The minimum atomic E-state index is -0.0182. The summed E-state index contributed by atoms with van der Waals surface area (Å²) < 4.78 is 5.95. The SMILES string of the molecule is C[C@H](N)Cc1ccc2c(c1)CCC(C)(C)O2. The van der Waals surface area contributed by atoms with Crippen LogP contribution in [-0.4, -0.2) is 11.6 Å². The lowest BCUT2D eigenvalue weighted by atomic mass is 9.92. The molecule has 0 aliphatic carbocycles. The summed E-state index contributed by atoms with van der Waals surface area (Å²) in [4.78, 5) is 0. The zero-order chi connectivity index (χ0) is 11.8. The largest absolute Gasteiger partial charge is 0.488 e. The van der Waals surface area contributed by atoms with Crippen molar-refractivity contribution < 1.29 is 4.74 Å². The molecule has 0 aromatic heterocycles. The Labute approximate surface area is 97.8 Å². The van der Waals surface area contributed by atoms with E-state index in [-0.39, 0.29) is 11.6 Å². The van der Waals surface area contributed by atoms with Crippen LogP contribution in [0.1, 0.15) is 38.3 Å². The standard InChI is InChI=1S/C14H21NO/c1-10(15)8-11-4-5-13-12(9-11)6-7-14(2,3)16-13/h4-5,9-10H,6-8,15H2,1-3H3/t10-/m0/s1.